The van der Waals surface area contributed by atoms with E-state index in [4.69, 9.17) is 19.9 Å². The maximum absolute atomic E-state index is 8.21. The molecule has 0 fully saturated rings. The molecule has 0 amide bonds. The molecule has 0 aromatic carbocycles. The summed E-state index contributed by atoms with van der Waals surface area (Å²) in [6.45, 7) is 0.558. The molecule has 0 spiro atoms. The van der Waals surface area contributed by atoms with E-state index in [9.17, 15) is 0 Å². The van der Waals surface area contributed by atoms with E-state index in [1.54, 1.807) is 0 Å². The van der Waals surface area contributed by atoms with E-state index in [0.29, 0.717) is 0 Å². The molecule has 0 aromatic rings. The van der Waals surface area contributed by atoms with Gasteiger partial charge in [-0.15, -0.1) is 0 Å². The summed E-state index contributed by atoms with van der Waals surface area (Å²) in [6, 6.07) is 0. The minimum absolute atomic E-state index is 0. The van der Waals surface area contributed by atoms with E-state index in [1.165, 1.54) is 0 Å². The average molecular weight is 190 g/mol. The van der Waals surface area contributed by atoms with Crippen LogP contribution in [0.4, 0.5) is 0 Å². The fourth-order valence-electron chi connectivity index (χ4n) is 0.379. The van der Waals surface area contributed by atoms with Gasteiger partial charge in [-0.3, -0.25) is 0 Å². The van der Waals surface area contributed by atoms with Crippen molar-refractivity contribution in [3.05, 3.63) is 0 Å². The zero-order valence-electron chi connectivity index (χ0n) is 5.56. The Balaban J connectivity index is 0. The molecule has 0 aliphatic heterocycles. The van der Waals surface area contributed by atoms with Crippen LogP contribution in [0.3, 0.4) is 0 Å². The molecule has 7 heteroatoms. The molecular weight excluding hydrogens is 178 g/mol. The van der Waals surface area contributed by atoms with Crippen LogP contribution in [0.2, 0.25) is 0 Å². The minimum atomic E-state index is -1.74. The first-order chi connectivity index (χ1) is 4.77. The summed E-state index contributed by atoms with van der Waals surface area (Å²) in [5, 5.41) is 24.5. The van der Waals surface area contributed by atoms with Crippen LogP contribution in [0.25, 0.3) is 0 Å². The maximum atomic E-state index is 8.21. The van der Waals surface area contributed by atoms with Crippen molar-refractivity contribution in [3.63, 3.8) is 0 Å². The van der Waals surface area contributed by atoms with E-state index in [1.807, 2.05) is 0 Å². The van der Waals surface area contributed by atoms with Crippen LogP contribution in [-0.2, 0) is 9.39 Å². The van der Waals surface area contributed by atoms with Crippen molar-refractivity contribution in [2.24, 2.45) is 0 Å². The molecule has 11 heavy (non-hydrogen) atoms. The van der Waals surface area contributed by atoms with Crippen molar-refractivity contribution in [3.8, 4) is 0 Å². The van der Waals surface area contributed by atoms with Gasteiger partial charge in [-0.1, -0.05) is 0 Å². The Morgan fingerprint density at radius 3 is 2.18 bits per heavy atom. The third-order valence-corrected chi connectivity index (χ3v) is 0.730. The Morgan fingerprint density at radius 2 is 1.73 bits per heavy atom. The topological polar surface area (TPSA) is 79.2 Å². The number of hydrogen-bond acceptors (Lipinski definition) is 5. The third-order valence-electron chi connectivity index (χ3n) is 0.730. The molecule has 0 bridgehead atoms. The van der Waals surface area contributed by atoms with Crippen molar-refractivity contribution < 1.29 is 24.5 Å². The zero-order valence-corrected chi connectivity index (χ0v) is 5.56. The molecule has 0 saturated carbocycles. The van der Waals surface area contributed by atoms with Gasteiger partial charge in [-0.2, -0.15) is 0 Å². The summed E-state index contributed by atoms with van der Waals surface area (Å²) < 4.78 is 9.03. The van der Waals surface area contributed by atoms with E-state index < -0.39 is 7.32 Å². The normalized spacial score (nSPS) is 9.00. The second-order valence-electron chi connectivity index (χ2n) is 1.53. The standard InChI is InChI=1S/C4H11BO5.K.H/c6-1-2-9-3-4-10-5(7)8;;/h6-8H,1-4H2;;. The number of aliphatic hydroxyl groups excluding tert-OH is 1. The summed E-state index contributed by atoms with van der Waals surface area (Å²) in [7, 11) is -1.74. The van der Waals surface area contributed by atoms with Gasteiger partial charge in [0, 0.05) is 0 Å². The van der Waals surface area contributed by atoms with E-state index in [0.717, 1.165) is 0 Å². The van der Waals surface area contributed by atoms with Gasteiger partial charge in [0.25, 0.3) is 0 Å². The van der Waals surface area contributed by atoms with Crippen LogP contribution in [0, 0.1) is 0 Å². The second-order valence-corrected chi connectivity index (χ2v) is 1.53. The van der Waals surface area contributed by atoms with E-state index in [-0.39, 0.29) is 77.8 Å². The van der Waals surface area contributed by atoms with Crippen LogP contribution in [0.5, 0.6) is 0 Å². The monoisotopic (exact) mass is 190 g/mol. The van der Waals surface area contributed by atoms with Crippen LogP contribution in [0.15, 0.2) is 0 Å². The molecule has 0 atom stereocenters. The molecule has 0 rings (SSSR count). The van der Waals surface area contributed by atoms with Gasteiger partial charge >= 0.3 is 58.7 Å². The first-order valence-corrected chi connectivity index (χ1v) is 2.93. The van der Waals surface area contributed by atoms with Crippen LogP contribution < -0.4 is 0 Å². The van der Waals surface area contributed by atoms with Gasteiger partial charge in [0.2, 0.25) is 0 Å². The quantitative estimate of drug-likeness (QED) is 0.314. The molecular formula is C4H12BKO5. The molecule has 0 unspecified atom stereocenters. The fraction of sp³-hybridized carbons (Fsp3) is 1.00. The van der Waals surface area contributed by atoms with Gasteiger partial charge in [0.15, 0.2) is 0 Å². The van der Waals surface area contributed by atoms with Crippen molar-refractivity contribution in [1.29, 1.82) is 0 Å². The van der Waals surface area contributed by atoms with Crippen LogP contribution >= 0.6 is 0 Å². The molecule has 0 aliphatic carbocycles. The predicted molar refractivity (Wildman–Crippen MR) is 41.2 cm³/mol. The molecule has 5 nitrogen and oxygen atoms in total. The summed E-state index contributed by atoms with van der Waals surface area (Å²) >= 11 is 0. The second kappa shape index (κ2) is 11.5. The molecule has 0 aromatic heterocycles. The number of aliphatic hydroxyl groups is 1. The Morgan fingerprint density at radius 1 is 1.09 bits per heavy atom. The predicted octanol–water partition coefficient (Wildman–Crippen LogP) is -2.67. The Labute approximate surface area is 108 Å². The summed E-state index contributed by atoms with van der Waals surface area (Å²) in [6.07, 6.45) is 0. The van der Waals surface area contributed by atoms with Crippen molar-refractivity contribution >= 4 is 58.7 Å². The van der Waals surface area contributed by atoms with Crippen molar-refractivity contribution in [2.75, 3.05) is 26.4 Å². The molecule has 0 aliphatic rings. The number of hydrogen-bond donors (Lipinski definition) is 3. The van der Waals surface area contributed by atoms with Gasteiger partial charge in [0.05, 0.1) is 26.4 Å². The molecule has 0 radical (unpaired) electrons. The SMILES string of the molecule is OCCOCCOB(O)O.[KH]. The molecule has 3 N–H and O–H groups in total. The van der Waals surface area contributed by atoms with Gasteiger partial charge in [0.1, 0.15) is 0 Å². The number of ether oxygens (including phenoxy) is 1. The first kappa shape index (κ1) is 15.0. The summed E-state index contributed by atoms with van der Waals surface area (Å²) in [4.78, 5) is 0. The van der Waals surface area contributed by atoms with Crippen molar-refractivity contribution in [2.45, 2.75) is 0 Å². The molecule has 0 saturated heterocycles. The first-order valence-electron chi connectivity index (χ1n) is 2.93. The fourth-order valence-corrected chi connectivity index (χ4v) is 0.379. The Kier molecular flexibility index (Phi) is 15.7. The van der Waals surface area contributed by atoms with E-state index in [2.05, 4.69) is 4.65 Å². The number of rotatable bonds is 6. The van der Waals surface area contributed by atoms with Gasteiger partial charge < -0.3 is 24.5 Å². The van der Waals surface area contributed by atoms with Crippen molar-refractivity contribution in [1.82, 2.24) is 0 Å². The van der Waals surface area contributed by atoms with Crippen LogP contribution in [-0.4, -0.2) is 100 Å². The van der Waals surface area contributed by atoms with Crippen LogP contribution in [0.1, 0.15) is 0 Å². The molecule has 0 heterocycles. The average Bonchev–Trinajstić information content (AvgIpc) is 1.87. The summed E-state index contributed by atoms with van der Waals surface area (Å²) in [5.41, 5.74) is 0. The Hall–Kier alpha value is 1.50. The molecule has 62 valence electrons. The Bertz CT molecular complexity index is 73.5. The van der Waals surface area contributed by atoms with Gasteiger partial charge in [-0.25, -0.2) is 0 Å². The third kappa shape index (κ3) is 14.4. The van der Waals surface area contributed by atoms with E-state index >= 15 is 0 Å². The summed E-state index contributed by atoms with van der Waals surface area (Å²) in [5.74, 6) is 0. The zero-order chi connectivity index (χ0) is 7.82. The van der Waals surface area contributed by atoms with Gasteiger partial charge in [-0.05, 0) is 0 Å².